The smallest absolute Gasteiger partial charge is 0.313 e. The molecule has 0 aromatic rings. The second kappa shape index (κ2) is 6.44. The van der Waals surface area contributed by atoms with Crippen LogP contribution in [0.4, 0.5) is 0 Å². The number of carbonyl (C=O) groups excluding carboxylic acids is 2. The quantitative estimate of drug-likeness (QED) is 0.388. The largest absolute Gasteiger partial charge is 0.481 e. The lowest BCUT2D eigenvalue weighted by Gasteiger charge is -2.63. The third-order valence-electron chi connectivity index (χ3n) is 10.6. The number of carboxylic acids is 1. The zero-order valence-corrected chi connectivity index (χ0v) is 19.4. The Hall–Kier alpha value is -1.73. The molecule has 0 bridgehead atoms. The number of esters is 1. The first-order valence-electron chi connectivity index (χ1n) is 11.8. The van der Waals surface area contributed by atoms with Crippen molar-refractivity contribution in [1.82, 2.24) is 0 Å². The predicted octanol–water partition coefficient (Wildman–Crippen LogP) is 3.03. The Morgan fingerprint density at radius 2 is 1.97 bits per heavy atom. The van der Waals surface area contributed by atoms with Crippen molar-refractivity contribution in [3.63, 3.8) is 0 Å². The number of aliphatic carboxylic acids is 1. The monoisotopic (exact) mass is 446 g/mol. The minimum absolute atomic E-state index is 0.0381. The molecule has 8 atom stereocenters. The normalized spacial score (nSPS) is 51.0. The fourth-order valence-electron chi connectivity index (χ4n) is 8.88. The minimum atomic E-state index is -1.12. The van der Waals surface area contributed by atoms with Gasteiger partial charge >= 0.3 is 11.9 Å². The molecule has 5 rings (SSSR count). The molecule has 0 aromatic heterocycles. The Morgan fingerprint density at radius 3 is 2.62 bits per heavy atom. The van der Waals surface area contributed by atoms with Crippen LogP contribution in [0.3, 0.4) is 0 Å². The van der Waals surface area contributed by atoms with Crippen LogP contribution in [0.15, 0.2) is 11.6 Å². The van der Waals surface area contributed by atoms with Crippen molar-refractivity contribution < 1.29 is 34.1 Å². The van der Waals surface area contributed by atoms with Crippen LogP contribution in [0.1, 0.15) is 72.1 Å². The van der Waals surface area contributed by atoms with E-state index in [2.05, 4.69) is 20.8 Å². The van der Waals surface area contributed by atoms with Crippen molar-refractivity contribution in [3.05, 3.63) is 11.6 Å². The maximum absolute atomic E-state index is 13.2. The van der Waals surface area contributed by atoms with Crippen LogP contribution in [-0.4, -0.2) is 52.4 Å². The van der Waals surface area contributed by atoms with E-state index in [0.29, 0.717) is 38.5 Å². The maximum Gasteiger partial charge on any atom is 0.313 e. The molecule has 5 aliphatic rings. The highest BCUT2D eigenvalue weighted by molar-refractivity contribution is 5.85. The van der Waals surface area contributed by atoms with Crippen molar-refractivity contribution in [2.45, 2.75) is 89.4 Å². The van der Waals surface area contributed by atoms with Crippen molar-refractivity contribution in [2.75, 3.05) is 7.11 Å². The van der Waals surface area contributed by atoms with E-state index >= 15 is 0 Å². The zero-order valence-electron chi connectivity index (χ0n) is 19.4. The lowest BCUT2D eigenvalue weighted by Crippen LogP contribution is -2.68. The molecule has 0 aromatic carbocycles. The number of aliphatic hydroxyl groups is 1. The summed E-state index contributed by atoms with van der Waals surface area (Å²) in [7, 11) is 1.39. The van der Waals surface area contributed by atoms with Crippen molar-refractivity contribution >= 4 is 17.7 Å². The summed E-state index contributed by atoms with van der Waals surface area (Å²) < 4.78 is 11.9. The molecule has 1 spiro atoms. The number of Topliss-reactive ketones (excluding diaryl/α,β-unsaturated/α-hetero) is 1. The van der Waals surface area contributed by atoms with Gasteiger partial charge in [0.15, 0.2) is 0 Å². The highest BCUT2D eigenvalue weighted by Crippen LogP contribution is 2.81. The number of hydrogen-bond donors (Lipinski definition) is 2. The van der Waals surface area contributed by atoms with E-state index < -0.39 is 33.9 Å². The number of ether oxygens (including phenoxy) is 2. The average Bonchev–Trinajstić information content (AvgIpc) is 3.40. The Balaban J connectivity index is 1.66. The lowest BCUT2D eigenvalue weighted by molar-refractivity contribution is -0.178. The molecule has 4 fully saturated rings. The van der Waals surface area contributed by atoms with Crippen LogP contribution in [0.2, 0.25) is 0 Å². The Bertz CT molecular complexity index is 941. The van der Waals surface area contributed by atoms with Gasteiger partial charge in [-0.05, 0) is 38.0 Å². The summed E-state index contributed by atoms with van der Waals surface area (Å²) in [5.41, 5.74) is -2.23. The molecule has 1 saturated heterocycles. The molecule has 32 heavy (non-hydrogen) atoms. The van der Waals surface area contributed by atoms with Crippen LogP contribution in [0.5, 0.6) is 0 Å². The van der Waals surface area contributed by atoms with Gasteiger partial charge in [0.05, 0.1) is 24.7 Å². The standard InChI is InChI=1S/C25H34O7/c1-21-8-5-15(26)11-14(21)12-16(20(29)31-4)23(3)17-6-9-24(30,10-7-19(27)28)22(17,2)13-18-25(21,23)32-18/h12,16-18,30H,5-11,13H2,1-4H3,(H,27,28)/t16-,17+,18+,21-,22-,23-,24+,25?/m0/s1. The van der Waals surface area contributed by atoms with Gasteiger partial charge in [-0.3, -0.25) is 14.4 Å². The SMILES string of the molecule is COC(=O)[C@@H]1C=C2CC(=O)CC[C@]2(C)C23O[C@@H]2C[C@@]2(C)[C@@H](CC[C@@]2(O)CCC(=O)O)[C@]13C. The van der Waals surface area contributed by atoms with E-state index in [4.69, 9.17) is 9.47 Å². The molecule has 7 heteroatoms. The molecular weight excluding hydrogens is 412 g/mol. The number of epoxide rings is 1. The highest BCUT2D eigenvalue weighted by atomic mass is 16.6. The molecule has 1 aliphatic heterocycles. The first kappa shape index (κ1) is 22.1. The van der Waals surface area contributed by atoms with Crippen molar-refractivity contribution in [1.29, 1.82) is 0 Å². The van der Waals surface area contributed by atoms with Gasteiger partial charge in [-0.15, -0.1) is 0 Å². The lowest BCUT2D eigenvalue weighted by atomic mass is 9.38. The van der Waals surface area contributed by atoms with Crippen molar-refractivity contribution in [3.8, 4) is 0 Å². The maximum atomic E-state index is 13.2. The van der Waals surface area contributed by atoms with Crippen molar-refractivity contribution in [2.24, 2.45) is 28.1 Å². The van der Waals surface area contributed by atoms with Gasteiger partial charge in [0.1, 0.15) is 11.4 Å². The van der Waals surface area contributed by atoms with Gasteiger partial charge in [-0.1, -0.05) is 32.4 Å². The Labute approximate surface area is 188 Å². The zero-order chi connectivity index (χ0) is 23.3. The van der Waals surface area contributed by atoms with Crippen LogP contribution in [0, 0.1) is 28.1 Å². The van der Waals surface area contributed by atoms with Gasteiger partial charge in [0.2, 0.25) is 0 Å². The van der Waals surface area contributed by atoms with Gasteiger partial charge in [-0.25, -0.2) is 0 Å². The molecule has 4 aliphatic carbocycles. The summed E-state index contributed by atoms with van der Waals surface area (Å²) >= 11 is 0. The van der Waals surface area contributed by atoms with E-state index in [0.717, 1.165) is 5.57 Å². The van der Waals surface area contributed by atoms with Crippen LogP contribution in [0.25, 0.3) is 0 Å². The number of methoxy groups -OCH3 is 1. The van der Waals surface area contributed by atoms with E-state index in [1.54, 1.807) is 0 Å². The van der Waals surface area contributed by atoms with E-state index in [9.17, 15) is 24.6 Å². The number of ketones is 1. The van der Waals surface area contributed by atoms with Gasteiger partial charge in [-0.2, -0.15) is 0 Å². The molecule has 176 valence electrons. The fourth-order valence-corrected chi connectivity index (χ4v) is 8.88. The summed E-state index contributed by atoms with van der Waals surface area (Å²) in [5.74, 6) is -1.67. The molecule has 3 saturated carbocycles. The first-order valence-corrected chi connectivity index (χ1v) is 11.8. The number of hydrogen-bond acceptors (Lipinski definition) is 6. The Kier molecular flexibility index (Phi) is 4.44. The third-order valence-corrected chi connectivity index (χ3v) is 10.6. The number of carboxylic acid groups (broad SMARTS) is 1. The number of rotatable bonds is 4. The van der Waals surface area contributed by atoms with Gasteiger partial charge in [0, 0.05) is 35.5 Å². The summed E-state index contributed by atoms with van der Waals surface area (Å²) in [4.78, 5) is 36.8. The fraction of sp³-hybridized carbons (Fsp3) is 0.800. The number of fused-ring (bicyclic) bond motifs is 3. The highest BCUT2D eigenvalue weighted by Gasteiger charge is 2.86. The molecule has 1 unspecified atom stereocenters. The predicted molar refractivity (Wildman–Crippen MR) is 114 cm³/mol. The average molecular weight is 447 g/mol. The second-order valence-corrected chi connectivity index (χ2v) is 11.5. The minimum Gasteiger partial charge on any atom is -0.481 e. The van der Waals surface area contributed by atoms with E-state index in [1.165, 1.54) is 7.11 Å². The summed E-state index contributed by atoms with van der Waals surface area (Å²) in [6.45, 7) is 6.36. The van der Waals surface area contributed by atoms with Gasteiger partial charge in [0.25, 0.3) is 0 Å². The molecular formula is C25H34O7. The van der Waals surface area contributed by atoms with Crippen LogP contribution < -0.4 is 0 Å². The van der Waals surface area contributed by atoms with Crippen LogP contribution >= 0.6 is 0 Å². The molecule has 7 nitrogen and oxygen atoms in total. The summed E-state index contributed by atoms with van der Waals surface area (Å²) in [5, 5.41) is 21.0. The second-order valence-electron chi connectivity index (χ2n) is 11.5. The summed E-state index contributed by atoms with van der Waals surface area (Å²) in [6, 6.07) is 0. The molecule has 1 heterocycles. The molecule has 0 radical (unpaired) electrons. The molecule has 2 N–H and O–H groups in total. The number of carbonyl (C=O) groups is 3. The topological polar surface area (TPSA) is 113 Å². The molecule has 0 amide bonds. The summed E-state index contributed by atoms with van der Waals surface area (Å²) in [6.07, 6.45) is 5.35. The first-order chi connectivity index (χ1) is 14.9. The Morgan fingerprint density at radius 1 is 1.25 bits per heavy atom. The third kappa shape index (κ3) is 2.32. The van der Waals surface area contributed by atoms with E-state index in [1.807, 2.05) is 6.08 Å². The van der Waals surface area contributed by atoms with Crippen LogP contribution in [-0.2, 0) is 23.9 Å². The van der Waals surface area contributed by atoms with E-state index in [-0.39, 0.29) is 42.0 Å². The van der Waals surface area contributed by atoms with Gasteiger partial charge < -0.3 is 19.7 Å².